The van der Waals surface area contributed by atoms with Crippen molar-refractivity contribution in [3.8, 4) is 16.9 Å². The van der Waals surface area contributed by atoms with E-state index in [2.05, 4.69) is 26.7 Å². The number of rotatable bonds is 5. The SMILES string of the molecule is Cc1cc(-c2cccnc2)ccc1OCc1c(C)cccc1NC(=O)/N=N\N. The minimum atomic E-state index is -0.633. The van der Waals surface area contributed by atoms with E-state index in [9.17, 15) is 4.79 Å². The molecule has 1 aromatic heterocycles. The Bertz CT molecular complexity index is 1000. The number of carbonyl (C=O) groups excluding carboxylic acids is 1. The van der Waals surface area contributed by atoms with Crippen LogP contribution in [0.5, 0.6) is 5.75 Å². The van der Waals surface area contributed by atoms with Crippen molar-refractivity contribution in [1.82, 2.24) is 4.98 Å². The van der Waals surface area contributed by atoms with Gasteiger partial charge in [0.25, 0.3) is 0 Å². The summed E-state index contributed by atoms with van der Waals surface area (Å²) in [6.45, 7) is 4.25. The van der Waals surface area contributed by atoms with Crippen LogP contribution in [0, 0.1) is 13.8 Å². The molecule has 0 unspecified atom stereocenters. The van der Waals surface area contributed by atoms with E-state index in [1.807, 2.05) is 56.4 Å². The van der Waals surface area contributed by atoms with Gasteiger partial charge in [0.15, 0.2) is 0 Å². The molecule has 7 nitrogen and oxygen atoms in total. The van der Waals surface area contributed by atoms with Gasteiger partial charge in [-0.25, -0.2) is 4.79 Å². The van der Waals surface area contributed by atoms with Crippen LogP contribution in [0.15, 0.2) is 71.3 Å². The number of amides is 2. The summed E-state index contributed by atoms with van der Waals surface area (Å²) in [5.74, 6) is 5.70. The van der Waals surface area contributed by atoms with E-state index in [-0.39, 0.29) is 0 Å². The molecule has 0 aliphatic rings. The second-order valence-corrected chi connectivity index (χ2v) is 6.26. The summed E-state index contributed by atoms with van der Waals surface area (Å²) < 4.78 is 6.03. The molecule has 0 fully saturated rings. The van der Waals surface area contributed by atoms with Crippen LogP contribution in [-0.2, 0) is 6.61 Å². The molecule has 7 heteroatoms. The number of nitrogens with one attached hydrogen (secondary N) is 1. The highest BCUT2D eigenvalue weighted by Gasteiger charge is 2.11. The van der Waals surface area contributed by atoms with Gasteiger partial charge in [-0.1, -0.05) is 34.6 Å². The van der Waals surface area contributed by atoms with Gasteiger partial charge in [-0.15, -0.1) is 0 Å². The number of pyridine rings is 1. The molecule has 0 saturated carbocycles. The number of nitrogens with zero attached hydrogens (tertiary/aromatic N) is 3. The number of nitrogens with two attached hydrogens (primary N) is 1. The average molecular weight is 375 g/mol. The van der Waals surface area contributed by atoms with Crippen LogP contribution in [0.25, 0.3) is 11.1 Å². The largest absolute Gasteiger partial charge is 0.489 e. The fourth-order valence-electron chi connectivity index (χ4n) is 2.88. The van der Waals surface area contributed by atoms with Gasteiger partial charge in [-0.2, -0.15) is 0 Å². The van der Waals surface area contributed by atoms with E-state index in [1.54, 1.807) is 12.3 Å². The predicted octanol–water partition coefficient (Wildman–Crippen LogP) is 4.80. The number of anilines is 1. The molecule has 142 valence electrons. The summed E-state index contributed by atoms with van der Waals surface area (Å²) in [6.07, 6.45) is 3.58. The number of ether oxygens (including phenoxy) is 1. The average Bonchev–Trinajstić information content (AvgIpc) is 2.69. The van der Waals surface area contributed by atoms with Crippen molar-refractivity contribution in [2.75, 3.05) is 5.32 Å². The van der Waals surface area contributed by atoms with Crippen molar-refractivity contribution in [1.29, 1.82) is 0 Å². The maximum atomic E-state index is 11.7. The summed E-state index contributed by atoms with van der Waals surface area (Å²) in [6, 6.07) is 14.9. The van der Waals surface area contributed by atoms with Crippen molar-refractivity contribution < 1.29 is 9.53 Å². The van der Waals surface area contributed by atoms with Crippen molar-refractivity contribution in [3.05, 3.63) is 77.6 Å². The molecule has 3 rings (SSSR count). The van der Waals surface area contributed by atoms with E-state index in [4.69, 9.17) is 10.6 Å². The Morgan fingerprint density at radius 1 is 1.11 bits per heavy atom. The molecule has 2 amide bonds. The number of aryl methyl sites for hydroxylation is 2. The zero-order valence-electron chi connectivity index (χ0n) is 15.7. The Kier molecular flexibility index (Phi) is 5.96. The van der Waals surface area contributed by atoms with Crippen LogP contribution in [-0.4, -0.2) is 11.0 Å². The van der Waals surface area contributed by atoms with Gasteiger partial charge < -0.3 is 15.9 Å². The quantitative estimate of drug-likeness (QED) is 0.380. The molecular formula is C21H21N5O2. The van der Waals surface area contributed by atoms with Crippen molar-refractivity contribution in [3.63, 3.8) is 0 Å². The highest BCUT2D eigenvalue weighted by atomic mass is 16.5. The molecule has 0 spiro atoms. The number of urea groups is 1. The third kappa shape index (κ3) is 4.50. The van der Waals surface area contributed by atoms with E-state index in [1.165, 1.54) is 0 Å². The van der Waals surface area contributed by atoms with E-state index in [0.717, 1.165) is 33.6 Å². The van der Waals surface area contributed by atoms with Crippen LogP contribution >= 0.6 is 0 Å². The van der Waals surface area contributed by atoms with Gasteiger partial charge in [-0.3, -0.25) is 4.98 Å². The van der Waals surface area contributed by atoms with Gasteiger partial charge >= 0.3 is 6.03 Å². The lowest BCUT2D eigenvalue weighted by Gasteiger charge is -2.15. The Balaban J connectivity index is 1.78. The monoisotopic (exact) mass is 375 g/mol. The van der Waals surface area contributed by atoms with Crippen LogP contribution in [0.3, 0.4) is 0 Å². The molecule has 0 aliphatic heterocycles. The summed E-state index contributed by atoms with van der Waals surface area (Å²) in [7, 11) is 0. The maximum Gasteiger partial charge on any atom is 0.365 e. The standard InChI is InChI=1S/C21H21N5O2/c1-14-5-3-7-19(24-21(27)25-26-22)18(14)13-28-20-9-8-16(11-15(20)2)17-6-4-10-23-12-17/h3-12H,13H2,1-2H3,(H3,22,24,25,27). The first-order chi connectivity index (χ1) is 13.6. The molecule has 0 bridgehead atoms. The van der Waals surface area contributed by atoms with Gasteiger partial charge in [0.05, 0.1) is 0 Å². The Morgan fingerprint density at radius 3 is 2.68 bits per heavy atom. The lowest BCUT2D eigenvalue weighted by Crippen LogP contribution is -2.11. The fraction of sp³-hybridized carbons (Fsp3) is 0.143. The number of carbonyl (C=O) groups is 1. The van der Waals surface area contributed by atoms with Crippen molar-refractivity contribution in [2.45, 2.75) is 20.5 Å². The maximum absolute atomic E-state index is 11.7. The Morgan fingerprint density at radius 2 is 1.96 bits per heavy atom. The highest BCUT2D eigenvalue weighted by molar-refractivity contribution is 5.90. The zero-order chi connectivity index (χ0) is 19.9. The second-order valence-electron chi connectivity index (χ2n) is 6.26. The third-order valence-electron chi connectivity index (χ3n) is 4.34. The smallest absolute Gasteiger partial charge is 0.365 e. The molecule has 0 saturated heterocycles. The Hall–Kier alpha value is -3.74. The van der Waals surface area contributed by atoms with Crippen LogP contribution < -0.4 is 15.9 Å². The molecule has 0 atom stereocenters. The number of aromatic nitrogens is 1. The van der Waals surface area contributed by atoms with Crippen LogP contribution in [0.2, 0.25) is 0 Å². The predicted molar refractivity (Wildman–Crippen MR) is 108 cm³/mol. The van der Waals surface area contributed by atoms with Crippen molar-refractivity contribution >= 4 is 11.7 Å². The van der Waals surface area contributed by atoms with Crippen LogP contribution in [0.1, 0.15) is 16.7 Å². The summed E-state index contributed by atoms with van der Waals surface area (Å²) in [5.41, 5.74) is 5.61. The summed E-state index contributed by atoms with van der Waals surface area (Å²) in [5, 5.41) is 8.94. The number of benzene rings is 2. The first kappa shape index (κ1) is 19.0. The summed E-state index contributed by atoms with van der Waals surface area (Å²) in [4.78, 5) is 15.8. The number of hydrogen-bond donors (Lipinski definition) is 2. The van der Waals surface area contributed by atoms with Crippen molar-refractivity contribution in [2.24, 2.45) is 16.2 Å². The molecule has 2 aromatic carbocycles. The first-order valence-electron chi connectivity index (χ1n) is 8.72. The Labute approximate surface area is 163 Å². The molecule has 28 heavy (non-hydrogen) atoms. The summed E-state index contributed by atoms with van der Waals surface area (Å²) >= 11 is 0. The zero-order valence-corrected chi connectivity index (χ0v) is 15.7. The van der Waals surface area contributed by atoms with E-state index < -0.39 is 6.03 Å². The molecule has 0 radical (unpaired) electrons. The molecule has 1 heterocycles. The fourth-order valence-corrected chi connectivity index (χ4v) is 2.88. The topological polar surface area (TPSA) is 102 Å². The van der Waals surface area contributed by atoms with Gasteiger partial charge in [0.2, 0.25) is 0 Å². The van der Waals surface area contributed by atoms with Crippen LogP contribution in [0.4, 0.5) is 10.5 Å². The normalized spacial score (nSPS) is 10.8. The first-order valence-corrected chi connectivity index (χ1v) is 8.72. The third-order valence-corrected chi connectivity index (χ3v) is 4.34. The highest BCUT2D eigenvalue weighted by Crippen LogP contribution is 2.28. The minimum absolute atomic E-state index is 0.301. The van der Waals surface area contributed by atoms with E-state index >= 15 is 0 Å². The molecule has 0 aliphatic carbocycles. The molecule has 3 N–H and O–H groups in total. The second kappa shape index (κ2) is 8.77. The van der Waals surface area contributed by atoms with Gasteiger partial charge in [0.1, 0.15) is 12.4 Å². The number of hydrogen-bond acceptors (Lipinski definition) is 4. The molecular weight excluding hydrogens is 354 g/mol. The minimum Gasteiger partial charge on any atom is -0.489 e. The van der Waals surface area contributed by atoms with E-state index in [0.29, 0.717) is 12.3 Å². The van der Waals surface area contributed by atoms with Gasteiger partial charge in [-0.05, 0) is 54.8 Å². The molecule has 3 aromatic rings. The lowest BCUT2D eigenvalue weighted by atomic mass is 10.0. The van der Waals surface area contributed by atoms with Gasteiger partial charge in [0, 0.05) is 29.2 Å². The lowest BCUT2D eigenvalue weighted by molar-refractivity contribution is 0.258.